The van der Waals surface area contributed by atoms with Gasteiger partial charge in [-0.15, -0.1) is 0 Å². The summed E-state index contributed by atoms with van der Waals surface area (Å²) in [6.45, 7) is 9.07. The molecule has 0 saturated heterocycles. The maximum atomic E-state index is 2.47. The summed E-state index contributed by atoms with van der Waals surface area (Å²) in [4.78, 5) is 0. The second-order valence-electron chi connectivity index (χ2n) is 4.86. The molecule has 2 nitrogen and oxygen atoms in total. The molecule has 0 saturated carbocycles. The zero-order chi connectivity index (χ0) is 12.5. The first kappa shape index (κ1) is 17.5. The first-order chi connectivity index (χ1) is 8.33. The average molecular weight is 273 g/mol. The van der Waals surface area contributed by atoms with Crippen molar-refractivity contribution >= 4 is 0 Å². The second kappa shape index (κ2) is 10.4. The van der Waals surface area contributed by atoms with Gasteiger partial charge in [0.25, 0.3) is 5.82 Å². The molecule has 0 N–H and O–H groups in total. The Morgan fingerprint density at radius 1 is 1.00 bits per heavy atom. The lowest BCUT2D eigenvalue weighted by Crippen LogP contribution is -3.00. The zero-order valence-electron chi connectivity index (χ0n) is 12.3. The minimum Gasteiger partial charge on any atom is -1.00 e. The highest BCUT2D eigenvalue weighted by molar-refractivity contribution is 4.83. The number of nitrogens with zero attached hydrogens (tertiary/aromatic N) is 2. The summed E-state index contributed by atoms with van der Waals surface area (Å²) < 4.78 is 4.87. The predicted octanol–water partition coefficient (Wildman–Crippen LogP) is 0.722. The minimum absolute atomic E-state index is 0. The van der Waals surface area contributed by atoms with Gasteiger partial charge in [0.15, 0.2) is 0 Å². The van der Waals surface area contributed by atoms with Crippen molar-refractivity contribution in [3.63, 3.8) is 0 Å². The van der Waals surface area contributed by atoms with E-state index in [1.807, 2.05) is 0 Å². The molecule has 0 unspecified atom stereocenters. The van der Waals surface area contributed by atoms with Crippen LogP contribution in [0.15, 0.2) is 12.4 Å². The quantitative estimate of drug-likeness (QED) is 0.463. The van der Waals surface area contributed by atoms with Crippen molar-refractivity contribution in [3.05, 3.63) is 18.2 Å². The van der Waals surface area contributed by atoms with Gasteiger partial charge in [-0.3, -0.25) is 0 Å². The maximum Gasteiger partial charge on any atom is 0.256 e. The number of rotatable bonds is 9. The topological polar surface area (TPSA) is 8.81 Å². The number of hydrogen-bond acceptors (Lipinski definition) is 0. The molecule has 0 aliphatic carbocycles. The Morgan fingerprint density at radius 3 is 2.28 bits per heavy atom. The molecular weight excluding hydrogens is 244 g/mol. The minimum atomic E-state index is 0. The fraction of sp³-hybridized carbons (Fsp3) is 0.800. The lowest BCUT2D eigenvalue weighted by Gasteiger charge is -2.03. The third-order valence-electron chi connectivity index (χ3n) is 3.44. The first-order valence-electron chi connectivity index (χ1n) is 7.40. The largest absolute Gasteiger partial charge is 1.00 e. The highest BCUT2D eigenvalue weighted by Crippen LogP contribution is 2.05. The molecule has 1 aromatic rings. The van der Waals surface area contributed by atoms with Gasteiger partial charge in [-0.2, -0.15) is 0 Å². The molecule has 0 aliphatic heterocycles. The molecule has 1 heterocycles. The van der Waals surface area contributed by atoms with Crippen LogP contribution in [0.4, 0.5) is 0 Å². The monoisotopic (exact) mass is 272 g/mol. The van der Waals surface area contributed by atoms with E-state index in [2.05, 4.69) is 42.3 Å². The fourth-order valence-corrected chi connectivity index (χ4v) is 2.34. The van der Waals surface area contributed by atoms with Gasteiger partial charge in [0.1, 0.15) is 12.4 Å². The van der Waals surface area contributed by atoms with Crippen LogP contribution in [0.2, 0.25) is 0 Å². The predicted molar refractivity (Wildman–Crippen MR) is 73.1 cm³/mol. The van der Waals surface area contributed by atoms with Crippen LogP contribution in [0.1, 0.15) is 65.1 Å². The van der Waals surface area contributed by atoms with Gasteiger partial charge in [0, 0.05) is 6.42 Å². The SMILES string of the molecule is CCCCCc1n(CC)cc[n+]1CCCCC.[Cl-]. The Bertz CT molecular complexity index is 307. The third-order valence-corrected chi connectivity index (χ3v) is 3.44. The van der Waals surface area contributed by atoms with Crippen LogP contribution in [0.5, 0.6) is 0 Å². The van der Waals surface area contributed by atoms with E-state index in [-0.39, 0.29) is 12.4 Å². The van der Waals surface area contributed by atoms with E-state index in [0.29, 0.717) is 0 Å². The van der Waals surface area contributed by atoms with Crippen molar-refractivity contribution in [2.24, 2.45) is 0 Å². The molecule has 0 aromatic carbocycles. The van der Waals surface area contributed by atoms with E-state index in [0.717, 1.165) is 6.54 Å². The molecule has 0 aliphatic rings. The van der Waals surface area contributed by atoms with Gasteiger partial charge >= 0.3 is 0 Å². The lowest BCUT2D eigenvalue weighted by molar-refractivity contribution is -0.704. The number of hydrogen-bond donors (Lipinski definition) is 0. The van der Waals surface area contributed by atoms with E-state index in [4.69, 9.17) is 0 Å². The zero-order valence-corrected chi connectivity index (χ0v) is 13.0. The van der Waals surface area contributed by atoms with E-state index < -0.39 is 0 Å². The summed E-state index contributed by atoms with van der Waals surface area (Å²) in [7, 11) is 0. The first-order valence-corrected chi connectivity index (χ1v) is 7.40. The van der Waals surface area contributed by atoms with E-state index in [1.54, 1.807) is 0 Å². The number of aromatic nitrogens is 2. The molecular formula is C15H29ClN2. The summed E-state index contributed by atoms with van der Waals surface area (Å²) in [5.41, 5.74) is 0. The lowest BCUT2D eigenvalue weighted by atomic mass is 10.2. The fourth-order valence-electron chi connectivity index (χ4n) is 2.34. The normalized spacial score (nSPS) is 10.4. The molecule has 0 radical (unpaired) electrons. The van der Waals surface area contributed by atoms with Gasteiger partial charge in [-0.25, -0.2) is 9.13 Å². The van der Waals surface area contributed by atoms with Gasteiger partial charge in [0.05, 0.1) is 13.1 Å². The Morgan fingerprint density at radius 2 is 1.67 bits per heavy atom. The Kier molecular flexibility index (Phi) is 10.1. The highest BCUT2D eigenvalue weighted by Gasteiger charge is 2.14. The molecule has 0 amide bonds. The van der Waals surface area contributed by atoms with Crippen LogP contribution in [0.3, 0.4) is 0 Å². The Balaban J connectivity index is 0.00000289. The molecule has 0 fully saturated rings. The van der Waals surface area contributed by atoms with E-state index in [9.17, 15) is 0 Å². The maximum absolute atomic E-state index is 2.47. The van der Waals surface area contributed by atoms with Gasteiger partial charge in [0.2, 0.25) is 0 Å². The number of aryl methyl sites for hydroxylation is 2. The summed E-state index contributed by atoms with van der Waals surface area (Å²) in [6.07, 6.45) is 13.7. The standard InChI is InChI=1S/C15H29N2.ClH/c1-4-7-9-11-15-16(6-3)13-14-17(15)12-10-8-5-2;/h13-14H,4-12H2,1-3H3;1H/q+1;/p-1. The van der Waals surface area contributed by atoms with Crippen molar-refractivity contribution in [3.8, 4) is 0 Å². The number of imidazole rings is 1. The summed E-state index contributed by atoms with van der Waals surface area (Å²) in [5, 5.41) is 0. The van der Waals surface area contributed by atoms with Crippen LogP contribution in [-0.2, 0) is 19.5 Å². The molecule has 18 heavy (non-hydrogen) atoms. The number of unbranched alkanes of at least 4 members (excludes halogenated alkanes) is 4. The molecule has 1 rings (SSSR count). The smallest absolute Gasteiger partial charge is 0.256 e. The Hall–Kier alpha value is -0.500. The molecule has 0 spiro atoms. The Labute approximate surface area is 119 Å². The average Bonchev–Trinajstić information content (AvgIpc) is 2.73. The van der Waals surface area contributed by atoms with Crippen molar-refractivity contribution in [1.29, 1.82) is 0 Å². The second-order valence-corrected chi connectivity index (χ2v) is 4.86. The van der Waals surface area contributed by atoms with Crippen LogP contribution >= 0.6 is 0 Å². The molecule has 0 bridgehead atoms. The van der Waals surface area contributed by atoms with Crippen LogP contribution in [0.25, 0.3) is 0 Å². The van der Waals surface area contributed by atoms with Gasteiger partial charge in [-0.05, 0) is 26.2 Å². The van der Waals surface area contributed by atoms with E-state index >= 15 is 0 Å². The van der Waals surface area contributed by atoms with Crippen molar-refractivity contribution in [2.75, 3.05) is 0 Å². The summed E-state index contributed by atoms with van der Waals surface area (Å²) >= 11 is 0. The molecule has 3 heteroatoms. The third kappa shape index (κ3) is 5.43. The molecule has 0 atom stereocenters. The van der Waals surface area contributed by atoms with Crippen molar-refractivity contribution in [2.45, 2.75) is 78.8 Å². The van der Waals surface area contributed by atoms with Crippen LogP contribution in [0, 0.1) is 0 Å². The summed E-state index contributed by atoms with van der Waals surface area (Å²) in [6, 6.07) is 0. The highest BCUT2D eigenvalue weighted by atomic mass is 35.5. The van der Waals surface area contributed by atoms with Gasteiger partial charge < -0.3 is 12.4 Å². The molecule has 1 aromatic heterocycles. The number of halogens is 1. The van der Waals surface area contributed by atoms with Crippen molar-refractivity contribution in [1.82, 2.24) is 4.57 Å². The van der Waals surface area contributed by atoms with Crippen LogP contribution < -0.4 is 17.0 Å². The molecule has 106 valence electrons. The van der Waals surface area contributed by atoms with Gasteiger partial charge in [-0.1, -0.05) is 33.1 Å². The van der Waals surface area contributed by atoms with Crippen molar-refractivity contribution < 1.29 is 17.0 Å². The summed E-state index contributed by atoms with van der Waals surface area (Å²) in [5.74, 6) is 1.53. The van der Waals surface area contributed by atoms with Crippen LogP contribution in [-0.4, -0.2) is 4.57 Å². The van der Waals surface area contributed by atoms with E-state index in [1.165, 1.54) is 57.3 Å².